The molecule has 3 aromatic carbocycles. The number of furan rings is 1. The van der Waals surface area contributed by atoms with Crippen molar-refractivity contribution in [3.63, 3.8) is 0 Å². The van der Waals surface area contributed by atoms with E-state index in [1.54, 1.807) is 17.0 Å². The number of fused-ring (bicyclic) bond motifs is 1. The molecule has 0 aliphatic rings. The zero-order chi connectivity index (χ0) is 22.3. The van der Waals surface area contributed by atoms with Gasteiger partial charge < -0.3 is 19.8 Å². The molecular formula is C26H24N2O4. The largest absolute Gasteiger partial charge is 0.486 e. The van der Waals surface area contributed by atoms with Crippen molar-refractivity contribution in [3.05, 3.63) is 102 Å². The van der Waals surface area contributed by atoms with Crippen molar-refractivity contribution < 1.29 is 18.7 Å². The molecule has 0 bridgehead atoms. The number of amides is 2. The summed E-state index contributed by atoms with van der Waals surface area (Å²) >= 11 is 0. The van der Waals surface area contributed by atoms with Gasteiger partial charge in [-0.05, 0) is 40.6 Å². The fourth-order valence-corrected chi connectivity index (χ4v) is 3.44. The Morgan fingerprint density at radius 3 is 2.41 bits per heavy atom. The predicted octanol–water partition coefficient (Wildman–Crippen LogP) is 4.53. The van der Waals surface area contributed by atoms with E-state index >= 15 is 0 Å². The Bertz CT molecular complexity index is 1220. The summed E-state index contributed by atoms with van der Waals surface area (Å²) in [5.41, 5.74) is 6.24. The lowest BCUT2D eigenvalue weighted by atomic mass is 10.1. The van der Waals surface area contributed by atoms with Gasteiger partial charge in [0.15, 0.2) is 5.76 Å². The molecule has 0 saturated carbocycles. The second-order valence-corrected chi connectivity index (χ2v) is 7.49. The van der Waals surface area contributed by atoms with Gasteiger partial charge in [-0.1, -0.05) is 60.7 Å². The molecule has 0 saturated heterocycles. The molecule has 6 heteroatoms. The van der Waals surface area contributed by atoms with Crippen molar-refractivity contribution in [2.45, 2.75) is 19.6 Å². The number of benzene rings is 3. The summed E-state index contributed by atoms with van der Waals surface area (Å²) in [5, 5.41) is 2.23. The molecule has 32 heavy (non-hydrogen) atoms. The summed E-state index contributed by atoms with van der Waals surface area (Å²) in [4.78, 5) is 25.9. The van der Waals surface area contributed by atoms with Crippen LogP contribution in [0.15, 0.2) is 89.3 Å². The first-order chi connectivity index (χ1) is 15.6. The van der Waals surface area contributed by atoms with Crippen LogP contribution in [-0.4, -0.2) is 23.3 Å². The summed E-state index contributed by atoms with van der Waals surface area (Å²) < 4.78 is 11.6. The van der Waals surface area contributed by atoms with Crippen LogP contribution in [-0.2, 0) is 17.9 Å². The van der Waals surface area contributed by atoms with Crippen LogP contribution in [0.5, 0.6) is 5.75 Å². The Hall–Kier alpha value is -4.06. The molecule has 162 valence electrons. The highest BCUT2D eigenvalue weighted by atomic mass is 16.5. The van der Waals surface area contributed by atoms with Gasteiger partial charge in [0, 0.05) is 19.5 Å². The van der Waals surface area contributed by atoms with Gasteiger partial charge in [-0.3, -0.25) is 9.59 Å². The van der Waals surface area contributed by atoms with E-state index in [0.717, 1.165) is 22.1 Å². The van der Waals surface area contributed by atoms with Crippen LogP contribution in [0.25, 0.3) is 10.8 Å². The second kappa shape index (κ2) is 9.83. The molecule has 0 radical (unpaired) electrons. The monoisotopic (exact) mass is 428 g/mol. The lowest BCUT2D eigenvalue weighted by molar-refractivity contribution is -0.118. The SMILES string of the molecule is NC(=O)CCN(Cc1ccccc1)C(=O)c1ccc(COc2ccc3ccccc3c2)o1. The smallest absolute Gasteiger partial charge is 0.289 e. The van der Waals surface area contributed by atoms with E-state index in [-0.39, 0.29) is 31.2 Å². The Morgan fingerprint density at radius 1 is 0.875 bits per heavy atom. The molecule has 0 spiro atoms. The van der Waals surface area contributed by atoms with E-state index in [9.17, 15) is 9.59 Å². The Balaban J connectivity index is 1.43. The zero-order valence-corrected chi connectivity index (χ0v) is 17.6. The molecule has 4 aromatic rings. The van der Waals surface area contributed by atoms with E-state index in [1.165, 1.54) is 0 Å². The van der Waals surface area contributed by atoms with Crippen LogP contribution < -0.4 is 10.5 Å². The first-order valence-electron chi connectivity index (χ1n) is 10.4. The molecule has 0 aliphatic heterocycles. The van der Waals surface area contributed by atoms with E-state index < -0.39 is 5.91 Å². The number of hydrogen-bond acceptors (Lipinski definition) is 4. The Morgan fingerprint density at radius 2 is 1.62 bits per heavy atom. The lowest BCUT2D eigenvalue weighted by Crippen LogP contribution is -2.33. The van der Waals surface area contributed by atoms with Gasteiger partial charge in [0.05, 0.1) is 0 Å². The number of ether oxygens (including phenoxy) is 1. The summed E-state index contributed by atoms with van der Waals surface area (Å²) in [6, 6.07) is 26.8. The molecular weight excluding hydrogens is 404 g/mol. The maximum atomic E-state index is 13.0. The van der Waals surface area contributed by atoms with Crippen LogP contribution in [0.3, 0.4) is 0 Å². The predicted molar refractivity (Wildman–Crippen MR) is 122 cm³/mol. The summed E-state index contributed by atoms with van der Waals surface area (Å²) in [6.45, 7) is 0.773. The minimum absolute atomic E-state index is 0.0806. The molecule has 2 N–H and O–H groups in total. The average Bonchev–Trinajstić information content (AvgIpc) is 3.29. The van der Waals surface area contributed by atoms with Crippen LogP contribution in [0.4, 0.5) is 0 Å². The highest BCUT2D eigenvalue weighted by Crippen LogP contribution is 2.22. The van der Waals surface area contributed by atoms with Gasteiger partial charge in [-0.25, -0.2) is 0 Å². The van der Waals surface area contributed by atoms with Crippen molar-refractivity contribution >= 4 is 22.6 Å². The minimum Gasteiger partial charge on any atom is -0.486 e. The van der Waals surface area contributed by atoms with Gasteiger partial charge in [0.25, 0.3) is 5.91 Å². The third-order valence-corrected chi connectivity index (χ3v) is 5.11. The Kier molecular flexibility index (Phi) is 6.51. The number of carbonyl (C=O) groups is 2. The van der Waals surface area contributed by atoms with Crippen LogP contribution in [0, 0.1) is 0 Å². The second-order valence-electron chi connectivity index (χ2n) is 7.49. The fraction of sp³-hybridized carbons (Fsp3) is 0.154. The standard InChI is InChI=1S/C26H24N2O4/c27-25(29)14-15-28(17-19-6-2-1-3-7-19)26(30)24-13-12-23(32-24)18-31-22-11-10-20-8-4-5-9-21(20)16-22/h1-13,16H,14-15,17-18H2,(H2,27,29). The van der Waals surface area contributed by atoms with Gasteiger partial charge in [-0.15, -0.1) is 0 Å². The summed E-state index contributed by atoms with van der Waals surface area (Å²) in [6.07, 6.45) is 0.0806. The molecule has 0 aliphatic carbocycles. The number of rotatable bonds is 9. The highest BCUT2D eigenvalue weighted by molar-refractivity contribution is 5.91. The van der Waals surface area contributed by atoms with Crippen molar-refractivity contribution in [1.29, 1.82) is 0 Å². The van der Waals surface area contributed by atoms with Gasteiger partial charge in [-0.2, -0.15) is 0 Å². The van der Waals surface area contributed by atoms with Gasteiger partial charge in [0.1, 0.15) is 18.1 Å². The van der Waals surface area contributed by atoms with Crippen molar-refractivity contribution in [2.75, 3.05) is 6.54 Å². The van der Waals surface area contributed by atoms with Crippen LogP contribution in [0.1, 0.15) is 28.3 Å². The lowest BCUT2D eigenvalue weighted by Gasteiger charge is -2.21. The first-order valence-corrected chi connectivity index (χ1v) is 10.4. The van der Waals surface area contributed by atoms with Crippen molar-refractivity contribution in [3.8, 4) is 5.75 Å². The van der Waals surface area contributed by atoms with E-state index in [4.69, 9.17) is 14.9 Å². The average molecular weight is 428 g/mol. The highest BCUT2D eigenvalue weighted by Gasteiger charge is 2.20. The molecule has 2 amide bonds. The quantitative estimate of drug-likeness (QED) is 0.424. The number of hydrogen-bond donors (Lipinski definition) is 1. The maximum Gasteiger partial charge on any atom is 0.289 e. The van der Waals surface area contributed by atoms with Crippen LogP contribution in [0.2, 0.25) is 0 Å². The molecule has 0 unspecified atom stereocenters. The molecule has 1 aromatic heterocycles. The molecule has 6 nitrogen and oxygen atoms in total. The minimum atomic E-state index is -0.459. The Labute approximate surface area is 186 Å². The fourth-order valence-electron chi connectivity index (χ4n) is 3.44. The van der Waals surface area contributed by atoms with E-state index in [1.807, 2.05) is 72.8 Å². The van der Waals surface area contributed by atoms with Gasteiger partial charge in [0.2, 0.25) is 5.91 Å². The summed E-state index contributed by atoms with van der Waals surface area (Å²) in [5.74, 6) is 0.700. The maximum absolute atomic E-state index is 13.0. The normalized spacial score (nSPS) is 10.8. The number of carbonyl (C=O) groups excluding carboxylic acids is 2. The molecule has 0 atom stereocenters. The third-order valence-electron chi connectivity index (χ3n) is 5.11. The van der Waals surface area contributed by atoms with E-state index in [2.05, 4.69) is 0 Å². The molecule has 0 fully saturated rings. The molecule has 4 rings (SSSR count). The topological polar surface area (TPSA) is 85.8 Å². The van der Waals surface area contributed by atoms with Crippen molar-refractivity contribution in [1.82, 2.24) is 4.90 Å². The number of nitrogens with zero attached hydrogens (tertiary/aromatic N) is 1. The molecule has 1 heterocycles. The third kappa shape index (κ3) is 5.35. The first kappa shape index (κ1) is 21.2. The zero-order valence-electron chi connectivity index (χ0n) is 17.6. The van der Waals surface area contributed by atoms with E-state index in [0.29, 0.717) is 12.3 Å². The summed E-state index contributed by atoms with van der Waals surface area (Å²) in [7, 11) is 0. The van der Waals surface area contributed by atoms with Crippen molar-refractivity contribution in [2.24, 2.45) is 5.73 Å². The van der Waals surface area contributed by atoms with Gasteiger partial charge >= 0.3 is 0 Å². The number of primary amides is 1. The number of nitrogens with two attached hydrogens (primary N) is 1. The van der Waals surface area contributed by atoms with Crippen LogP contribution >= 0.6 is 0 Å².